The van der Waals surface area contributed by atoms with Gasteiger partial charge in [0.25, 0.3) is 5.91 Å². The first-order chi connectivity index (χ1) is 13.1. The number of sulfonamides is 1. The van der Waals surface area contributed by atoms with Crippen molar-refractivity contribution in [1.29, 1.82) is 0 Å². The molecule has 0 aliphatic heterocycles. The van der Waals surface area contributed by atoms with Crippen LogP contribution in [0.25, 0.3) is 0 Å². The molecule has 0 unspecified atom stereocenters. The summed E-state index contributed by atoms with van der Waals surface area (Å²) in [6, 6.07) is 2.86. The topological polar surface area (TPSA) is 114 Å². The Bertz CT molecular complexity index is 981. The van der Waals surface area contributed by atoms with Crippen molar-refractivity contribution in [2.24, 2.45) is 0 Å². The van der Waals surface area contributed by atoms with Gasteiger partial charge in [-0.3, -0.25) is 4.79 Å². The van der Waals surface area contributed by atoms with Gasteiger partial charge in [-0.15, -0.1) is 0 Å². The molecular formula is C18H23FN4O4S. The number of aryl methyl sites for hydroxylation is 1. The second-order valence-electron chi connectivity index (χ2n) is 7.30. The molecule has 1 heterocycles. The molecule has 0 bridgehead atoms. The Morgan fingerprint density at radius 3 is 2.54 bits per heavy atom. The molecule has 8 nitrogen and oxygen atoms in total. The molecule has 0 radical (unpaired) electrons. The first-order valence-corrected chi connectivity index (χ1v) is 10.6. The second kappa shape index (κ2) is 7.59. The predicted octanol–water partition coefficient (Wildman–Crippen LogP) is 2.40. The van der Waals surface area contributed by atoms with Gasteiger partial charge in [-0.05, 0) is 44.9 Å². The van der Waals surface area contributed by atoms with Crippen LogP contribution in [0.1, 0.15) is 61.6 Å². The number of rotatable bonds is 6. The molecule has 1 aromatic heterocycles. The van der Waals surface area contributed by atoms with E-state index in [2.05, 4.69) is 20.2 Å². The number of halogens is 1. The molecule has 0 saturated heterocycles. The van der Waals surface area contributed by atoms with E-state index in [1.807, 2.05) is 0 Å². The molecule has 10 heteroatoms. The minimum atomic E-state index is -4.08. The zero-order valence-corrected chi connectivity index (χ0v) is 16.8. The SMILES string of the molecule is Cc1nc(C2(NC(=O)c3ccc(F)c(S(=O)(=O)NC(C)C)c3)CCCC2)no1. The van der Waals surface area contributed by atoms with Gasteiger partial charge in [0.15, 0.2) is 5.82 Å². The number of nitrogens with zero attached hydrogens (tertiary/aromatic N) is 2. The van der Waals surface area contributed by atoms with Crippen molar-refractivity contribution in [2.75, 3.05) is 0 Å². The van der Waals surface area contributed by atoms with E-state index in [1.54, 1.807) is 20.8 Å². The Morgan fingerprint density at radius 2 is 1.96 bits per heavy atom. The van der Waals surface area contributed by atoms with E-state index >= 15 is 0 Å². The zero-order valence-electron chi connectivity index (χ0n) is 16.0. The van der Waals surface area contributed by atoms with Crippen molar-refractivity contribution < 1.29 is 22.1 Å². The van der Waals surface area contributed by atoms with E-state index in [4.69, 9.17) is 4.52 Å². The van der Waals surface area contributed by atoms with Crippen molar-refractivity contribution in [3.8, 4) is 0 Å². The molecule has 0 spiro atoms. The van der Waals surface area contributed by atoms with E-state index in [-0.39, 0.29) is 5.56 Å². The van der Waals surface area contributed by atoms with E-state index in [0.717, 1.165) is 25.0 Å². The lowest BCUT2D eigenvalue weighted by atomic mass is 9.96. The van der Waals surface area contributed by atoms with Gasteiger partial charge in [-0.25, -0.2) is 17.5 Å². The Hall–Kier alpha value is -2.33. The maximum Gasteiger partial charge on any atom is 0.252 e. The van der Waals surface area contributed by atoms with Crippen molar-refractivity contribution in [3.63, 3.8) is 0 Å². The summed E-state index contributed by atoms with van der Waals surface area (Å²) in [6.07, 6.45) is 3.04. The molecule has 2 N–H and O–H groups in total. The summed E-state index contributed by atoms with van der Waals surface area (Å²) in [5.41, 5.74) is -0.740. The number of hydrogen-bond acceptors (Lipinski definition) is 6. The summed E-state index contributed by atoms with van der Waals surface area (Å²) in [4.78, 5) is 16.6. The quantitative estimate of drug-likeness (QED) is 0.756. The predicted molar refractivity (Wildman–Crippen MR) is 98.5 cm³/mol. The van der Waals surface area contributed by atoms with Gasteiger partial charge in [-0.1, -0.05) is 18.0 Å². The van der Waals surface area contributed by atoms with Crippen LogP contribution in [0.4, 0.5) is 4.39 Å². The van der Waals surface area contributed by atoms with Gasteiger partial charge in [0.05, 0.1) is 0 Å². The van der Waals surface area contributed by atoms with Crippen molar-refractivity contribution >= 4 is 15.9 Å². The van der Waals surface area contributed by atoms with E-state index in [9.17, 15) is 17.6 Å². The molecule has 1 fully saturated rings. The van der Waals surface area contributed by atoms with Crippen LogP contribution in [0.15, 0.2) is 27.6 Å². The number of aromatic nitrogens is 2. The molecule has 1 amide bonds. The van der Waals surface area contributed by atoms with Gasteiger partial charge in [0, 0.05) is 18.5 Å². The zero-order chi connectivity index (χ0) is 20.5. The highest BCUT2D eigenvalue weighted by molar-refractivity contribution is 7.89. The number of benzene rings is 1. The van der Waals surface area contributed by atoms with Crippen LogP contribution in [0.3, 0.4) is 0 Å². The number of carbonyl (C=O) groups excluding carboxylic acids is 1. The van der Waals surface area contributed by atoms with Gasteiger partial charge in [-0.2, -0.15) is 4.98 Å². The summed E-state index contributed by atoms with van der Waals surface area (Å²) in [5.74, 6) is -0.655. The third-order valence-corrected chi connectivity index (χ3v) is 6.31. The molecule has 3 rings (SSSR count). The fourth-order valence-electron chi connectivity index (χ4n) is 3.39. The van der Waals surface area contributed by atoms with E-state index in [0.29, 0.717) is 24.6 Å². The Labute approximate surface area is 163 Å². The highest BCUT2D eigenvalue weighted by Gasteiger charge is 2.41. The lowest BCUT2D eigenvalue weighted by Gasteiger charge is -2.26. The molecular weight excluding hydrogens is 387 g/mol. The van der Waals surface area contributed by atoms with Crippen LogP contribution >= 0.6 is 0 Å². The molecule has 0 atom stereocenters. The molecule has 28 heavy (non-hydrogen) atoms. The molecule has 1 saturated carbocycles. The standard InChI is InChI=1S/C18H23FN4O4S/c1-11(2)23-28(25,26)15-10-13(6-7-14(15)19)16(24)21-18(8-4-5-9-18)17-20-12(3)27-22-17/h6-7,10-11,23H,4-5,8-9H2,1-3H3,(H,21,24). The summed E-state index contributed by atoms with van der Waals surface area (Å²) in [6.45, 7) is 4.92. The average molecular weight is 410 g/mol. The number of carbonyl (C=O) groups is 1. The highest BCUT2D eigenvalue weighted by Crippen LogP contribution is 2.37. The molecule has 1 aliphatic rings. The molecule has 2 aromatic rings. The maximum atomic E-state index is 14.1. The Kier molecular flexibility index (Phi) is 5.53. The Morgan fingerprint density at radius 1 is 1.29 bits per heavy atom. The van der Waals surface area contributed by atoms with Gasteiger partial charge < -0.3 is 9.84 Å². The van der Waals surface area contributed by atoms with Gasteiger partial charge >= 0.3 is 0 Å². The third-order valence-electron chi connectivity index (χ3n) is 4.64. The average Bonchev–Trinajstić information content (AvgIpc) is 3.23. The lowest BCUT2D eigenvalue weighted by Crippen LogP contribution is -2.44. The lowest BCUT2D eigenvalue weighted by molar-refractivity contribution is 0.0891. The summed E-state index contributed by atoms with van der Waals surface area (Å²) in [5, 5.41) is 6.87. The van der Waals surface area contributed by atoms with Gasteiger partial charge in [0.2, 0.25) is 15.9 Å². The van der Waals surface area contributed by atoms with Crippen molar-refractivity contribution in [3.05, 3.63) is 41.3 Å². The molecule has 152 valence electrons. The normalized spacial score (nSPS) is 16.5. The van der Waals surface area contributed by atoms with Crippen molar-refractivity contribution in [2.45, 2.75) is 62.9 Å². The number of amides is 1. The third kappa shape index (κ3) is 4.07. The fourth-order valence-corrected chi connectivity index (χ4v) is 4.74. The van der Waals surface area contributed by atoms with Crippen LogP contribution in [-0.2, 0) is 15.6 Å². The maximum absolute atomic E-state index is 14.1. The van der Waals surface area contributed by atoms with Crippen LogP contribution in [0, 0.1) is 12.7 Å². The number of hydrogen-bond donors (Lipinski definition) is 2. The van der Waals surface area contributed by atoms with E-state index < -0.39 is 38.2 Å². The van der Waals surface area contributed by atoms with E-state index in [1.165, 1.54) is 6.07 Å². The molecule has 1 aromatic carbocycles. The van der Waals surface area contributed by atoms with Crippen LogP contribution < -0.4 is 10.0 Å². The van der Waals surface area contributed by atoms with Gasteiger partial charge in [0.1, 0.15) is 16.3 Å². The van der Waals surface area contributed by atoms with Crippen LogP contribution in [0.5, 0.6) is 0 Å². The van der Waals surface area contributed by atoms with Crippen LogP contribution in [-0.4, -0.2) is 30.5 Å². The summed E-state index contributed by atoms with van der Waals surface area (Å²) in [7, 11) is -4.08. The monoisotopic (exact) mass is 410 g/mol. The number of nitrogens with one attached hydrogen (secondary N) is 2. The smallest absolute Gasteiger partial charge is 0.252 e. The first kappa shape index (κ1) is 20.4. The minimum absolute atomic E-state index is 0.0389. The van der Waals surface area contributed by atoms with Crippen LogP contribution in [0.2, 0.25) is 0 Å². The largest absolute Gasteiger partial charge is 0.340 e. The Balaban J connectivity index is 1.91. The second-order valence-corrected chi connectivity index (χ2v) is 8.98. The van der Waals surface area contributed by atoms with Crippen molar-refractivity contribution in [1.82, 2.24) is 20.2 Å². The first-order valence-electron chi connectivity index (χ1n) is 9.08. The summed E-state index contributed by atoms with van der Waals surface area (Å²) < 4.78 is 46.2. The minimum Gasteiger partial charge on any atom is -0.340 e. The summed E-state index contributed by atoms with van der Waals surface area (Å²) >= 11 is 0. The molecule has 1 aliphatic carbocycles. The fraction of sp³-hybridized carbons (Fsp3) is 0.500. The highest BCUT2D eigenvalue weighted by atomic mass is 32.2.